The third-order valence-corrected chi connectivity index (χ3v) is 6.54. The van der Waals surface area contributed by atoms with Gasteiger partial charge in [0.25, 0.3) is 5.56 Å². The number of esters is 1. The van der Waals surface area contributed by atoms with Crippen LogP contribution in [0.15, 0.2) is 75.0 Å². The van der Waals surface area contributed by atoms with E-state index in [1.165, 1.54) is 10.9 Å². The fraction of sp³-hybridized carbons (Fsp3) is 0.200. The van der Waals surface area contributed by atoms with E-state index in [-0.39, 0.29) is 28.8 Å². The third kappa shape index (κ3) is 5.91. The van der Waals surface area contributed by atoms with E-state index in [0.29, 0.717) is 45.2 Å². The van der Waals surface area contributed by atoms with Gasteiger partial charge in [0.05, 0.1) is 35.4 Å². The van der Waals surface area contributed by atoms with Crippen molar-refractivity contribution in [2.24, 2.45) is 5.10 Å². The second-order valence-corrected chi connectivity index (χ2v) is 9.73. The average Bonchev–Trinajstić information content (AvgIpc) is 3.37. The van der Waals surface area contributed by atoms with Gasteiger partial charge in [0.2, 0.25) is 5.82 Å². The smallest absolute Gasteiger partial charge is 0.347 e. The first-order valence-electron chi connectivity index (χ1n) is 12.8. The normalized spacial score (nSPS) is 12.2. The van der Waals surface area contributed by atoms with E-state index in [1.807, 2.05) is 0 Å². The van der Waals surface area contributed by atoms with Crippen LogP contribution < -0.4 is 15.0 Å². The second-order valence-electron chi connectivity index (χ2n) is 8.88. The molecule has 0 saturated carbocycles. The number of hydrogen-bond donors (Lipinski definition) is 0. The van der Waals surface area contributed by atoms with E-state index < -0.39 is 12.1 Å². The van der Waals surface area contributed by atoms with Crippen molar-refractivity contribution < 1.29 is 23.4 Å². The molecular weight excluding hydrogens is 569 g/mol. The Labute approximate surface area is 244 Å². The number of halogens is 2. The monoisotopic (exact) mass is 593 g/mol. The number of carbonyl (C=O) groups is 1. The molecule has 1 atom stereocenters. The number of nitrogens with zero attached hydrogens (tertiary/aromatic N) is 3. The number of hydrogen-bond acceptors (Lipinski definition) is 8. The molecule has 0 unspecified atom stereocenters. The van der Waals surface area contributed by atoms with Crippen molar-refractivity contribution in [1.29, 1.82) is 0 Å². The Bertz CT molecular complexity index is 1850. The van der Waals surface area contributed by atoms with E-state index in [0.717, 1.165) is 5.39 Å². The second kappa shape index (κ2) is 12.0. The lowest BCUT2D eigenvalue weighted by Crippen LogP contribution is -2.26. The Morgan fingerprint density at radius 3 is 2.68 bits per heavy atom. The van der Waals surface area contributed by atoms with Gasteiger partial charge in [0, 0.05) is 10.4 Å². The van der Waals surface area contributed by atoms with Crippen LogP contribution in [0.4, 0.5) is 0 Å². The van der Waals surface area contributed by atoms with E-state index in [1.54, 1.807) is 81.4 Å². The number of fused-ring (bicyclic) bond motifs is 2. The van der Waals surface area contributed by atoms with E-state index >= 15 is 0 Å². The number of ether oxygens (including phenoxy) is 3. The van der Waals surface area contributed by atoms with Gasteiger partial charge in [-0.15, -0.1) is 0 Å². The van der Waals surface area contributed by atoms with Crippen LogP contribution in [0.1, 0.15) is 26.3 Å². The highest BCUT2D eigenvalue weighted by Gasteiger charge is 2.21. The molecule has 0 saturated heterocycles. The molecule has 0 spiro atoms. The molecule has 0 N–H and O–H groups in total. The van der Waals surface area contributed by atoms with Crippen molar-refractivity contribution in [2.45, 2.75) is 26.9 Å². The predicted octanol–water partition coefficient (Wildman–Crippen LogP) is 6.73. The predicted molar refractivity (Wildman–Crippen MR) is 159 cm³/mol. The fourth-order valence-electron chi connectivity index (χ4n) is 4.16. The Balaban J connectivity index is 1.59. The SMILES string of the molecule is CCOC(=O)[C@@H](C)Oc1c(Cl)cc(C=Nn2c(-c3cc4cc(Cl)ccc4o3)nc3ccccc3c2=O)cc1OCC. The van der Waals surface area contributed by atoms with Crippen molar-refractivity contribution in [3.63, 3.8) is 0 Å². The van der Waals surface area contributed by atoms with Crippen molar-refractivity contribution in [3.8, 4) is 23.1 Å². The summed E-state index contributed by atoms with van der Waals surface area (Å²) in [6.45, 7) is 5.62. The lowest BCUT2D eigenvalue weighted by molar-refractivity contribution is -0.150. The van der Waals surface area contributed by atoms with Crippen LogP contribution in [0, 0.1) is 0 Å². The van der Waals surface area contributed by atoms with Gasteiger partial charge >= 0.3 is 5.97 Å². The van der Waals surface area contributed by atoms with Crippen LogP contribution >= 0.6 is 23.2 Å². The first-order valence-corrected chi connectivity index (χ1v) is 13.6. The summed E-state index contributed by atoms with van der Waals surface area (Å²) >= 11 is 12.7. The maximum atomic E-state index is 13.6. The van der Waals surface area contributed by atoms with E-state index in [2.05, 4.69) is 10.1 Å². The van der Waals surface area contributed by atoms with Crippen molar-refractivity contribution in [3.05, 3.63) is 86.6 Å². The van der Waals surface area contributed by atoms with Crippen molar-refractivity contribution in [2.75, 3.05) is 13.2 Å². The highest BCUT2D eigenvalue weighted by atomic mass is 35.5. The molecule has 0 aliphatic heterocycles. The number of aromatic nitrogens is 2. The first-order chi connectivity index (χ1) is 19.8. The molecule has 0 aliphatic carbocycles. The summed E-state index contributed by atoms with van der Waals surface area (Å²) in [7, 11) is 0. The summed E-state index contributed by atoms with van der Waals surface area (Å²) in [5.74, 6) is 0.511. The molecule has 3 aromatic carbocycles. The molecule has 2 heterocycles. The molecule has 0 fully saturated rings. The summed E-state index contributed by atoms with van der Waals surface area (Å²) in [4.78, 5) is 30.4. The van der Waals surface area contributed by atoms with Crippen LogP contribution in [0.5, 0.6) is 11.5 Å². The number of carbonyl (C=O) groups excluding carboxylic acids is 1. The van der Waals surface area contributed by atoms with Crippen molar-refractivity contribution >= 4 is 57.3 Å². The van der Waals surface area contributed by atoms with E-state index in [9.17, 15) is 9.59 Å². The Hall–Kier alpha value is -4.34. The molecule has 0 aliphatic rings. The quantitative estimate of drug-likeness (QED) is 0.138. The summed E-state index contributed by atoms with van der Waals surface area (Å²) in [5.41, 5.74) is 1.20. The summed E-state index contributed by atoms with van der Waals surface area (Å²) in [5, 5.41) is 6.36. The Morgan fingerprint density at radius 1 is 1.10 bits per heavy atom. The minimum Gasteiger partial charge on any atom is -0.490 e. The summed E-state index contributed by atoms with van der Waals surface area (Å²) < 4.78 is 23.7. The maximum Gasteiger partial charge on any atom is 0.347 e. The minimum atomic E-state index is -0.908. The molecule has 9 nitrogen and oxygen atoms in total. The van der Waals surface area contributed by atoms with Crippen LogP contribution in [-0.4, -0.2) is 41.2 Å². The zero-order chi connectivity index (χ0) is 29.1. The minimum absolute atomic E-state index is 0.187. The molecule has 0 bridgehead atoms. The number of rotatable bonds is 9. The molecule has 0 radical (unpaired) electrons. The molecular formula is C30H25Cl2N3O6. The standard InChI is InChI=1S/C30H25Cl2N3O6/c1-4-38-25-13-18(12-22(32)27(25)40-17(3)30(37)39-5-2)16-33-35-28(34-23-9-7-6-8-21(23)29(35)36)26-15-19-14-20(31)10-11-24(19)41-26/h6-17H,4-5H2,1-3H3/t17-/m1/s1. The van der Waals surface area contributed by atoms with Gasteiger partial charge in [-0.25, -0.2) is 9.78 Å². The van der Waals surface area contributed by atoms with Gasteiger partial charge in [-0.2, -0.15) is 9.78 Å². The highest BCUT2D eigenvalue weighted by molar-refractivity contribution is 6.32. The lowest BCUT2D eigenvalue weighted by atomic mass is 10.2. The molecule has 5 rings (SSSR count). The summed E-state index contributed by atoms with van der Waals surface area (Å²) in [6, 6.07) is 17.2. The molecule has 210 valence electrons. The lowest BCUT2D eigenvalue weighted by Gasteiger charge is -2.18. The molecule has 2 aromatic heterocycles. The number of furan rings is 1. The molecule has 0 amide bonds. The first kappa shape index (κ1) is 28.2. The third-order valence-electron chi connectivity index (χ3n) is 6.02. The van der Waals surface area contributed by atoms with Gasteiger partial charge in [0.1, 0.15) is 5.58 Å². The Morgan fingerprint density at radius 2 is 1.90 bits per heavy atom. The maximum absolute atomic E-state index is 13.6. The van der Waals surface area contributed by atoms with Gasteiger partial charge in [-0.05, 0) is 74.9 Å². The van der Waals surface area contributed by atoms with Gasteiger partial charge in [-0.1, -0.05) is 35.3 Å². The average molecular weight is 594 g/mol. The molecule has 41 heavy (non-hydrogen) atoms. The number of benzene rings is 3. The highest BCUT2D eigenvalue weighted by Crippen LogP contribution is 2.37. The zero-order valence-electron chi connectivity index (χ0n) is 22.4. The van der Waals surface area contributed by atoms with Crippen molar-refractivity contribution in [1.82, 2.24) is 9.66 Å². The van der Waals surface area contributed by atoms with Gasteiger partial charge in [0.15, 0.2) is 23.4 Å². The van der Waals surface area contributed by atoms with E-state index in [4.69, 9.17) is 41.8 Å². The van der Waals surface area contributed by atoms with Crippen LogP contribution in [-0.2, 0) is 9.53 Å². The fourth-order valence-corrected chi connectivity index (χ4v) is 4.61. The topological polar surface area (TPSA) is 105 Å². The van der Waals surface area contributed by atoms with Crippen LogP contribution in [0.25, 0.3) is 33.5 Å². The van der Waals surface area contributed by atoms with Gasteiger partial charge in [-0.3, -0.25) is 4.79 Å². The van der Waals surface area contributed by atoms with Gasteiger partial charge < -0.3 is 18.6 Å². The summed E-state index contributed by atoms with van der Waals surface area (Å²) in [6.07, 6.45) is 0.545. The largest absolute Gasteiger partial charge is 0.490 e. The molecule has 11 heteroatoms. The molecule has 5 aromatic rings. The van der Waals surface area contributed by atoms with Crippen LogP contribution in [0.2, 0.25) is 10.0 Å². The van der Waals surface area contributed by atoms with Crippen LogP contribution in [0.3, 0.4) is 0 Å². The Kier molecular flexibility index (Phi) is 8.28. The number of para-hydroxylation sites is 1. The zero-order valence-corrected chi connectivity index (χ0v) is 23.9.